The maximum Gasteiger partial charge on any atom is 0.225 e. The number of nitrogens with one attached hydrogen (secondary N) is 1. The number of anilines is 1. The fourth-order valence-electron chi connectivity index (χ4n) is 1.89. The maximum absolute atomic E-state index is 11.9. The Bertz CT molecular complexity index is 588. The number of hydrogen-bond acceptors (Lipinski definition) is 4. The lowest BCUT2D eigenvalue weighted by Crippen LogP contribution is -2.12. The van der Waals surface area contributed by atoms with Crippen LogP contribution in [0.15, 0.2) is 48.8 Å². The van der Waals surface area contributed by atoms with Gasteiger partial charge in [-0.15, -0.1) is 0 Å². The highest BCUT2D eigenvalue weighted by atomic mass is 32.2. The van der Waals surface area contributed by atoms with Crippen LogP contribution in [-0.2, 0) is 4.79 Å². The predicted octanol–water partition coefficient (Wildman–Crippen LogP) is 4.74. The van der Waals surface area contributed by atoms with Crippen LogP contribution >= 0.6 is 11.8 Å². The van der Waals surface area contributed by atoms with Crippen molar-refractivity contribution < 1.29 is 9.53 Å². The largest absolute Gasteiger partial charge is 0.457 e. The highest BCUT2D eigenvalue weighted by Gasteiger charge is 2.03. The molecule has 0 aliphatic heterocycles. The molecule has 0 spiro atoms. The Morgan fingerprint density at radius 1 is 1.09 bits per heavy atom. The number of amides is 1. The number of rotatable bonds is 9. The van der Waals surface area contributed by atoms with Crippen LogP contribution in [0.4, 0.5) is 5.69 Å². The van der Waals surface area contributed by atoms with Gasteiger partial charge in [-0.05, 0) is 48.6 Å². The van der Waals surface area contributed by atoms with Gasteiger partial charge in [0.1, 0.15) is 11.5 Å². The molecule has 0 aliphatic rings. The van der Waals surface area contributed by atoms with E-state index in [4.69, 9.17) is 4.74 Å². The molecular formula is C18H22N2O2S. The summed E-state index contributed by atoms with van der Waals surface area (Å²) in [6.07, 6.45) is 6.33. The number of carbonyl (C=O) groups is 1. The van der Waals surface area contributed by atoms with E-state index in [2.05, 4.69) is 17.2 Å². The Labute approximate surface area is 141 Å². The Hall–Kier alpha value is -2.01. The summed E-state index contributed by atoms with van der Waals surface area (Å²) in [6.45, 7) is 2.18. The molecule has 1 heterocycles. The van der Waals surface area contributed by atoms with Crippen LogP contribution in [0.3, 0.4) is 0 Å². The summed E-state index contributed by atoms with van der Waals surface area (Å²) in [5.74, 6) is 3.52. The highest BCUT2D eigenvalue weighted by molar-refractivity contribution is 7.99. The molecule has 0 radical (unpaired) electrons. The number of aromatic nitrogens is 1. The average molecular weight is 330 g/mol. The molecule has 4 nitrogen and oxygen atoms in total. The number of benzene rings is 1. The molecular weight excluding hydrogens is 308 g/mol. The van der Waals surface area contributed by atoms with Gasteiger partial charge in [-0.3, -0.25) is 9.78 Å². The van der Waals surface area contributed by atoms with Crippen molar-refractivity contribution in [1.82, 2.24) is 4.98 Å². The number of ether oxygens (including phenoxy) is 1. The molecule has 0 saturated heterocycles. The number of thioether (sulfide) groups is 1. The molecule has 23 heavy (non-hydrogen) atoms. The van der Waals surface area contributed by atoms with Gasteiger partial charge >= 0.3 is 0 Å². The normalized spacial score (nSPS) is 10.3. The quantitative estimate of drug-likeness (QED) is 0.675. The topological polar surface area (TPSA) is 51.2 Å². The van der Waals surface area contributed by atoms with Crippen molar-refractivity contribution >= 4 is 23.4 Å². The first-order valence-electron chi connectivity index (χ1n) is 7.83. The van der Waals surface area contributed by atoms with Gasteiger partial charge in [0.05, 0.1) is 0 Å². The van der Waals surface area contributed by atoms with Crippen molar-refractivity contribution in [3.8, 4) is 11.5 Å². The molecule has 5 heteroatoms. The summed E-state index contributed by atoms with van der Waals surface area (Å²) in [5.41, 5.74) is 0.788. The molecule has 1 N–H and O–H groups in total. The maximum atomic E-state index is 11.9. The van der Waals surface area contributed by atoms with Gasteiger partial charge in [0.25, 0.3) is 0 Å². The molecule has 0 saturated carbocycles. The van der Waals surface area contributed by atoms with Crippen molar-refractivity contribution in [3.63, 3.8) is 0 Å². The molecule has 1 aromatic heterocycles. The van der Waals surface area contributed by atoms with Gasteiger partial charge in [0.2, 0.25) is 5.91 Å². The lowest BCUT2D eigenvalue weighted by molar-refractivity contribution is -0.115. The van der Waals surface area contributed by atoms with Gasteiger partial charge in [-0.2, -0.15) is 11.8 Å². The smallest absolute Gasteiger partial charge is 0.225 e. The zero-order valence-corrected chi connectivity index (χ0v) is 14.1. The van der Waals surface area contributed by atoms with Gasteiger partial charge in [-0.1, -0.05) is 13.3 Å². The summed E-state index contributed by atoms with van der Waals surface area (Å²) >= 11 is 1.83. The minimum absolute atomic E-state index is 0.0526. The summed E-state index contributed by atoms with van der Waals surface area (Å²) in [4.78, 5) is 15.8. The zero-order valence-electron chi connectivity index (χ0n) is 13.3. The third kappa shape index (κ3) is 6.74. The second-order valence-corrected chi connectivity index (χ2v) is 6.30. The van der Waals surface area contributed by atoms with Gasteiger partial charge in [0, 0.05) is 30.3 Å². The third-order valence-electron chi connectivity index (χ3n) is 3.14. The number of carbonyl (C=O) groups excluding carboxylic acids is 1. The molecule has 2 aromatic rings. The minimum atomic E-state index is 0.0526. The van der Waals surface area contributed by atoms with Gasteiger partial charge < -0.3 is 10.1 Å². The lowest BCUT2D eigenvalue weighted by atomic mass is 10.3. The molecule has 122 valence electrons. The number of unbranched alkanes of at least 4 members (excludes halogenated alkanes) is 1. The Morgan fingerprint density at radius 3 is 2.48 bits per heavy atom. The summed E-state index contributed by atoms with van der Waals surface area (Å²) in [5, 5.41) is 2.91. The van der Waals surface area contributed by atoms with Crippen LogP contribution in [0.2, 0.25) is 0 Å². The summed E-state index contributed by atoms with van der Waals surface area (Å²) in [7, 11) is 0. The van der Waals surface area contributed by atoms with Crippen LogP contribution in [-0.4, -0.2) is 22.4 Å². The second kappa shape index (κ2) is 9.90. The van der Waals surface area contributed by atoms with Crippen LogP contribution in [0.1, 0.15) is 26.2 Å². The summed E-state index contributed by atoms with van der Waals surface area (Å²) in [6, 6.07) is 11.0. The van der Waals surface area contributed by atoms with E-state index in [0.717, 1.165) is 28.7 Å². The van der Waals surface area contributed by atoms with E-state index in [1.807, 2.05) is 36.0 Å². The van der Waals surface area contributed by atoms with E-state index in [9.17, 15) is 4.79 Å². The van der Waals surface area contributed by atoms with Crippen LogP contribution in [0.5, 0.6) is 11.5 Å². The van der Waals surface area contributed by atoms with E-state index < -0.39 is 0 Å². The number of hydrogen-bond donors (Lipinski definition) is 1. The monoisotopic (exact) mass is 330 g/mol. The van der Waals surface area contributed by atoms with Crippen molar-refractivity contribution in [2.45, 2.75) is 26.2 Å². The molecule has 2 rings (SSSR count). The zero-order chi connectivity index (χ0) is 16.3. The van der Waals surface area contributed by atoms with Crippen LogP contribution < -0.4 is 10.1 Å². The minimum Gasteiger partial charge on any atom is -0.457 e. The highest BCUT2D eigenvalue weighted by Crippen LogP contribution is 2.22. The molecule has 0 bridgehead atoms. The molecule has 1 aromatic carbocycles. The number of pyridine rings is 1. The Kier molecular flexibility index (Phi) is 7.46. The standard InChI is InChI=1S/C18H22N2O2S/c1-2-3-13-23-14-10-18(21)20-15-4-6-16(7-5-15)22-17-8-11-19-12-9-17/h4-9,11-12H,2-3,10,13-14H2,1H3,(H,20,21). The first-order valence-corrected chi connectivity index (χ1v) is 8.99. The van der Waals surface area contributed by atoms with Crippen molar-refractivity contribution in [2.24, 2.45) is 0 Å². The number of nitrogens with zero attached hydrogens (tertiary/aromatic N) is 1. The van der Waals surface area contributed by atoms with Gasteiger partial charge in [-0.25, -0.2) is 0 Å². The van der Waals surface area contributed by atoms with Crippen LogP contribution in [0, 0.1) is 0 Å². The van der Waals surface area contributed by atoms with E-state index in [1.54, 1.807) is 24.5 Å². The average Bonchev–Trinajstić information content (AvgIpc) is 2.57. The fourth-order valence-corrected chi connectivity index (χ4v) is 2.91. The molecule has 0 unspecified atom stereocenters. The first-order chi connectivity index (χ1) is 11.3. The lowest BCUT2D eigenvalue weighted by Gasteiger charge is -2.08. The fraction of sp³-hybridized carbons (Fsp3) is 0.333. The Balaban J connectivity index is 1.75. The van der Waals surface area contributed by atoms with Crippen molar-refractivity contribution in [3.05, 3.63) is 48.8 Å². The van der Waals surface area contributed by atoms with E-state index in [0.29, 0.717) is 6.42 Å². The van der Waals surface area contributed by atoms with Crippen molar-refractivity contribution in [2.75, 3.05) is 16.8 Å². The summed E-state index contributed by atoms with van der Waals surface area (Å²) < 4.78 is 5.68. The van der Waals surface area contributed by atoms with E-state index in [-0.39, 0.29) is 5.91 Å². The molecule has 0 fully saturated rings. The molecule has 0 atom stereocenters. The Morgan fingerprint density at radius 2 is 1.78 bits per heavy atom. The van der Waals surface area contributed by atoms with Crippen molar-refractivity contribution in [1.29, 1.82) is 0 Å². The SMILES string of the molecule is CCCCSCCC(=O)Nc1ccc(Oc2ccncc2)cc1. The first kappa shape index (κ1) is 17.3. The molecule has 0 aliphatic carbocycles. The van der Waals surface area contributed by atoms with Crippen LogP contribution in [0.25, 0.3) is 0 Å². The van der Waals surface area contributed by atoms with E-state index >= 15 is 0 Å². The third-order valence-corrected chi connectivity index (χ3v) is 4.21. The van der Waals surface area contributed by atoms with E-state index in [1.165, 1.54) is 12.8 Å². The predicted molar refractivity (Wildman–Crippen MR) is 96.2 cm³/mol. The molecule has 1 amide bonds. The second-order valence-electron chi connectivity index (χ2n) is 5.07. The van der Waals surface area contributed by atoms with Gasteiger partial charge in [0.15, 0.2) is 0 Å².